The number of hydrogen-bond donors (Lipinski definition) is 1. The summed E-state index contributed by atoms with van der Waals surface area (Å²) in [5.74, 6) is -1.56. The number of hydrogen-bond acceptors (Lipinski definition) is 8. The van der Waals surface area contributed by atoms with Gasteiger partial charge in [-0.3, -0.25) is 9.36 Å². The molecule has 2 heterocycles. The van der Waals surface area contributed by atoms with Crippen molar-refractivity contribution in [2.24, 2.45) is 0 Å². The number of ether oxygens (including phenoxy) is 1. The van der Waals surface area contributed by atoms with Crippen LogP contribution in [0.5, 0.6) is 0 Å². The lowest BCUT2D eigenvalue weighted by Gasteiger charge is -2.22. The van der Waals surface area contributed by atoms with Crippen molar-refractivity contribution in [3.05, 3.63) is 70.4 Å². The lowest BCUT2D eigenvalue weighted by atomic mass is 10.2. The van der Waals surface area contributed by atoms with E-state index in [0.717, 1.165) is 11.8 Å². The maximum Gasteiger partial charge on any atom is 0.519 e. The van der Waals surface area contributed by atoms with E-state index in [-0.39, 0.29) is 23.8 Å². The molecule has 0 spiro atoms. The summed E-state index contributed by atoms with van der Waals surface area (Å²) >= 11 is 1.12. The van der Waals surface area contributed by atoms with Gasteiger partial charge in [0.25, 0.3) is 0 Å². The normalized spacial score (nSPS) is 11.8. The Labute approximate surface area is 186 Å². The second kappa shape index (κ2) is 8.19. The maximum absolute atomic E-state index is 14.8. The molecule has 0 aliphatic rings. The molecule has 0 aliphatic carbocycles. The zero-order chi connectivity index (χ0) is 23.0. The van der Waals surface area contributed by atoms with Gasteiger partial charge in [0.15, 0.2) is 23.3 Å². The molecule has 0 saturated carbocycles. The van der Waals surface area contributed by atoms with Gasteiger partial charge in [-0.2, -0.15) is 0 Å². The Balaban J connectivity index is 1.66. The quantitative estimate of drug-likeness (QED) is 0.260. The van der Waals surface area contributed by atoms with Crippen molar-refractivity contribution >= 4 is 34.5 Å². The number of aromatic nitrogens is 2. The molecule has 2 aromatic carbocycles. The van der Waals surface area contributed by atoms with E-state index in [1.807, 2.05) is 18.2 Å². The Bertz CT molecular complexity index is 1370. The number of carbonyl (C=O) groups excluding carboxylic acids is 1. The molecule has 0 fully saturated rings. The minimum atomic E-state index is -1.10. The molecule has 8 nitrogen and oxygen atoms in total. The van der Waals surface area contributed by atoms with Crippen LogP contribution in [0, 0.1) is 12.7 Å². The van der Waals surface area contributed by atoms with Crippen molar-refractivity contribution in [3.8, 4) is 5.69 Å². The summed E-state index contributed by atoms with van der Waals surface area (Å²) in [6.07, 6.45) is 0. The van der Waals surface area contributed by atoms with Crippen LogP contribution >= 0.6 is 11.8 Å². The van der Waals surface area contributed by atoms with Crippen LogP contribution in [0.1, 0.15) is 25.4 Å². The second-order valence-electron chi connectivity index (χ2n) is 7.55. The van der Waals surface area contributed by atoms with Crippen molar-refractivity contribution in [1.82, 2.24) is 9.55 Å². The Kier molecular flexibility index (Phi) is 5.55. The number of rotatable bonds is 6. The maximum atomic E-state index is 14.8. The van der Waals surface area contributed by atoms with Crippen LogP contribution in [0.25, 0.3) is 16.7 Å². The predicted octanol–water partition coefficient (Wildman–Crippen LogP) is 4.22. The average molecular weight is 457 g/mol. The van der Waals surface area contributed by atoms with Crippen LogP contribution in [0.4, 0.5) is 10.1 Å². The fraction of sp³-hybridized carbons (Fsp3) is 0.227. The number of thioether (sulfide) groups is 1. The van der Waals surface area contributed by atoms with Gasteiger partial charge in [-0.15, -0.1) is 0 Å². The van der Waals surface area contributed by atoms with Gasteiger partial charge < -0.3 is 19.3 Å². The first kappa shape index (κ1) is 21.7. The van der Waals surface area contributed by atoms with E-state index in [0.29, 0.717) is 21.9 Å². The van der Waals surface area contributed by atoms with Crippen molar-refractivity contribution in [2.45, 2.75) is 37.3 Å². The van der Waals surface area contributed by atoms with Gasteiger partial charge in [-0.1, -0.05) is 23.9 Å². The van der Waals surface area contributed by atoms with E-state index in [9.17, 15) is 14.0 Å². The molecular weight excluding hydrogens is 437 g/mol. The largest absolute Gasteiger partial charge is 0.519 e. The summed E-state index contributed by atoms with van der Waals surface area (Å²) in [7, 11) is 0. The Morgan fingerprint density at radius 3 is 2.69 bits per heavy atom. The van der Waals surface area contributed by atoms with Crippen molar-refractivity contribution in [1.29, 1.82) is 0 Å². The number of para-hydroxylation sites is 2. The number of nitrogens with zero attached hydrogens (tertiary/aromatic N) is 2. The summed E-state index contributed by atoms with van der Waals surface area (Å²) in [6.45, 7) is 4.63. The predicted molar refractivity (Wildman–Crippen MR) is 117 cm³/mol. The third-order valence-corrected chi connectivity index (χ3v) is 5.88. The van der Waals surface area contributed by atoms with Crippen LogP contribution in [0.15, 0.2) is 61.2 Å². The molecule has 4 rings (SSSR count). The Hall–Kier alpha value is -3.53. The minimum Gasteiger partial charge on any atom is -0.456 e. The minimum absolute atomic E-state index is 0.139. The molecule has 0 amide bonds. The van der Waals surface area contributed by atoms with Gasteiger partial charge in [0.05, 0.1) is 16.7 Å². The lowest BCUT2D eigenvalue weighted by Crippen LogP contribution is -2.30. The van der Waals surface area contributed by atoms with Gasteiger partial charge in [-0.05, 0) is 51.1 Å². The molecule has 166 valence electrons. The molecule has 32 heavy (non-hydrogen) atoms. The molecule has 0 bridgehead atoms. The molecule has 4 aromatic rings. The highest BCUT2D eigenvalue weighted by Gasteiger charge is 2.34. The molecular formula is C22H20FN3O5S. The average Bonchev–Trinajstić information content (AvgIpc) is 3.24. The van der Waals surface area contributed by atoms with Crippen LogP contribution in [-0.2, 0) is 16.1 Å². The number of halogens is 1. The van der Waals surface area contributed by atoms with E-state index in [1.165, 1.54) is 13.0 Å². The van der Waals surface area contributed by atoms with Gasteiger partial charge >= 0.3 is 11.8 Å². The van der Waals surface area contributed by atoms with Gasteiger partial charge in [0, 0.05) is 5.69 Å². The van der Waals surface area contributed by atoms with Crippen LogP contribution < -0.4 is 11.6 Å². The fourth-order valence-electron chi connectivity index (χ4n) is 3.09. The molecule has 2 aromatic heterocycles. The summed E-state index contributed by atoms with van der Waals surface area (Å²) in [5, 5.41) is 0.405. The molecule has 2 N–H and O–H groups in total. The number of aryl methyl sites for hydroxylation is 1. The van der Waals surface area contributed by atoms with Crippen molar-refractivity contribution in [3.63, 3.8) is 0 Å². The zero-order valence-electron chi connectivity index (χ0n) is 17.5. The monoisotopic (exact) mass is 457 g/mol. The highest BCUT2D eigenvalue weighted by Crippen LogP contribution is 2.37. The molecule has 0 radical (unpaired) electrons. The summed E-state index contributed by atoms with van der Waals surface area (Å²) in [6, 6.07) is 11.7. The summed E-state index contributed by atoms with van der Waals surface area (Å²) in [5.41, 5.74) is 7.59. The highest BCUT2D eigenvalue weighted by atomic mass is 32.2. The lowest BCUT2D eigenvalue weighted by molar-refractivity contribution is -0.147. The SMILES string of the molecule is Cc1oc(=O)oc1COC(=O)C(C)(C)Sc1nc2ccccc2n1-c1ccc(N)cc1F. The van der Waals surface area contributed by atoms with E-state index in [2.05, 4.69) is 4.98 Å². The number of carbonyl (C=O) groups is 1. The first-order valence-electron chi connectivity index (χ1n) is 9.64. The van der Waals surface area contributed by atoms with Crippen molar-refractivity contribution in [2.75, 3.05) is 5.73 Å². The molecule has 0 saturated heterocycles. The number of benzene rings is 2. The molecule has 0 unspecified atom stereocenters. The van der Waals surface area contributed by atoms with E-state index >= 15 is 0 Å². The summed E-state index contributed by atoms with van der Waals surface area (Å²) in [4.78, 5) is 28.6. The zero-order valence-corrected chi connectivity index (χ0v) is 18.4. The highest BCUT2D eigenvalue weighted by molar-refractivity contribution is 8.01. The standard InChI is InChI=1S/C22H20FN3O5S/c1-12-18(31-21(28)30-12)11-29-19(27)22(2,3)32-20-25-15-6-4-5-7-17(15)26(20)16-9-8-13(24)10-14(16)23/h4-10H,11,24H2,1-3H3. The first-order valence-corrected chi connectivity index (χ1v) is 10.5. The number of anilines is 1. The van der Waals surface area contributed by atoms with Gasteiger partial charge in [0.1, 0.15) is 10.6 Å². The third kappa shape index (κ3) is 4.13. The summed E-state index contributed by atoms with van der Waals surface area (Å²) < 4.78 is 30.3. The van der Waals surface area contributed by atoms with Gasteiger partial charge in [-0.25, -0.2) is 14.2 Å². The molecule has 0 aliphatic heterocycles. The second-order valence-corrected chi connectivity index (χ2v) is 9.14. The van der Waals surface area contributed by atoms with Crippen molar-refractivity contribution < 1.29 is 22.8 Å². The van der Waals surface area contributed by atoms with Crippen LogP contribution in [0.3, 0.4) is 0 Å². The number of fused-ring (bicyclic) bond motifs is 1. The van der Waals surface area contributed by atoms with Gasteiger partial charge in [0.2, 0.25) is 0 Å². The number of nitrogens with two attached hydrogens (primary N) is 1. The molecule has 0 atom stereocenters. The molecule has 10 heteroatoms. The number of nitrogen functional groups attached to an aromatic ring is 1. The fourth-order valence-corrected chi connectivity index (χ4v) is 4.12. The Morgan fingerprint density at radius 1 is 1.25 bits per heavy atom. The van der Waals surface area contributed by atoms with Crippen LogP contribution in [-0.4, -0.2) is 20.3 Å². The van der Waals surface area contributed by atoms with Crippen LogP contribution in [0.2, 0.25) is 0 Å². The first-order chi connectivity index (χ1) is 15.2. The van der Waals surface area contributed by atoms with E-state index in [1.54, 1.807) is 36.6 Å². The van der Waals surface area contributed by atoms with E-state index in [4.69, 9.17) is 19.3 Å². The smallest absolute Gasteiger partial charge is 0.456 e. The number of imidazole rings is 1. The van der Waals surface area contributed by atoms with E-state index < -0.39 is 22.4 Å². The third-order valence-electron chi connectivity index (χ3n) is 4.75. The number of esters is 1. The Morgan fingerprint density at radius 2 is 2.00 bits per heavy atom. The topological polar surface area (TPSA) is 113 Å².